The van der Waals surface area contributed by atoms with Gasteiger partial charge in [0.1, 0.15) is 11.0 Å². The van der Waals surface area contributed by atoms with Crippen molar-refractivity contribution in [3.8, 4) is 10.6 Å². The van der Waals surface area contributed by atoms with Crippen LogP contribution in [0.4, 0.5) is 4.79 Å². The minimum absolute atomic E-state index is 0.322. The van der Waals surface area contributed by atoms with Gasteiger partial charge >= 0.3 is 6.03 Å². The number of hydrogen-bond donors (Lipinski definition) is 2. The first-order chi connectivity index (χ1) is 10.7. The van der Waals surface area contributed by atoms with E-state index in [-0.39, 0.29) is 5.91 Å². The van der Waals surface area contributed by atoms with Gasteiger partial charge in [0.15, 0.2) is 0 Å². The minimum atomic E-state index is -0.614. The molecule has 6 heteroatoms. The summed E-state index contributed by atoms with van der Waals surface area (Å²) >= 11 is 1.63. The van der Waals surface area contributed by atoms with Gasteiger partial charge in [0.05, 0.1) is 10.2 Å². The molecule has 1 fully saturated rings. The van der Waals surface area contributed by atoms with Gasteiger partial charge in [-0.15, -0.1) is 11.3 Å². The quantitative estimate of drug-likeness (QED) is 0.715. The summed E-state index contributed by atoms with van der Waals surface area (Å²) < 4.78 is 1.14. The molecule has 0 aliphatic carbocycles. The van der Waals surface area contributed by atoms with E-state index in [1.807, 2.05) is 48.5 Å². The van der Waals surface area contributed by atoms with Crippen molar-refractivity contribution in [3.63, 3.8) is 0 Å². The lowest BCUT2D eigenvalue weighted by atomic mass is 10.1. The van der Waals surface area contributed by atoms with Crippen LogP contribution in [0, 0.1) is 0 Å². The summed E-state index contributed by atoms with van der Waals surface area (Å²) in [5.41, 5.74) is 2.73. The molecule has 1 aromatic heterocycles. The monoisotopic (exact) mass is 309 g/mol. The van der Waals surface area contributed by atoms with Crippen LogP contribution in [0.5, 0.6) is 0 Å². The number of thiazole rings is 1. The first-order valence-electron chi connectivity index (χ1n) is 6.78. The van der Waals surface area contributed by atoms with Crippen LogP contribution in [0.1, 0.15) is 11.6 Å². The number of benzene rings is 2. The molecular weight excluding hydrogens is 298 g/mol. The third-order valence-corrected chi connectivity index (χ3v) is 4.64. The van der Waals surface area contributed by atoms with Crippen molar-refractivity contribution in [2.24, 2.45) is 0 Å². The van der Waals surface area contributed by atoms with Crippen molar-refractivity contribution in [2.75, 3.05) is 0 Å². The molecule has 2 heterocycles. The van der Waals surface area contributed by atoms with Gasteiger partial charge < -0.3 is 5.32 Å². The van der Waals surface area contributed by atoms with Crippen molar-refractivity contribution in [1.82, 2.24) is 15.6 Å². The molecule has 0 bridgehead atoms. The molecule has 3 aromatic rings. The summed E-state index contributed by atoms with van der Waals surface area (Å²) in [7, 11) is 0. The summed E-state index contributed by atoms with van der Waals surface area (Å²) in [5.74, 6) is -0.322. The lowest BCUT2D eigenvalue weighted by molar-refractivity contribution is -0.120. The van der Waals surface area contributed by atoms with Crippen LogP contribution in [0.15, 0.2) is 48.5 Å². The summed E-state index contributed by atoms with van der Waals surface area (Å²) in [4.78, 5) is 27.4. The van der Waals surface area contributed by atoms with E-state index in [1.54, 1.807) is 11.3 Å². The highest BCUT2D eigenvalue weighted by atomic mass is 32.1. The summed E-state index contributed by atoms with van der Waals surface area (Å²) in [5, 5.41) is 5.76. The van der Waals surface area contributed by atoms with Crippen LogP contribution in [-0.4, -0.2) is 16.9 Å². The molecule has 5 nitrogen and oxygen atoms in total. The van der Waals surface area contributed by atoms with Crippen LogP contribution in [0.2, 0.25) is 0 Å². The fourth-order valence-electron chi connectivity index (χ4n) is 2.47. The second-order valence-electron chi connectivity index (χ2n) is 5.00. The van der Waals surface area contributed by atoms with E-state index < -0.39 is 12.1 Å². The Balaban J connectivity index is 1.67. The SMILES string of the molecule is O=C1NC(=O)C(c2ccc(-c3nc4ccccc4s3)cc2)N1. The first kappa shape index (κ1) is 13.0. The number of amides is 3. The molecule has 1 aliphatic heterocycles. The average molecular weight is 309 g/mol. The number of urea groups is 1. The fourth-order valence-corrected chi connectivity index (χ4v) is 3.44. The molecular formula is C16H11N3O2S. The maximum atomic E-state index is 11.7. The van der Waals surface area contributed by atoms with Crippen molar-refractivity contribution < 1.29 is 9.59 Å². The van der Waals surface area contributed by atoms with Crippen LogP contribution in [0.25, 0.3) is 20.8 Å². The number of rotatable bonds is 2. The number of hydrogen-bond acceptors (Lipinski definition) is 4. The highest BCUT2D eigenvalue weighted by molar-refractivity contribution is 7.21. The van der Waals surface area contributed by atoms with Crippen molar-refractivity contribution in [1.29, 1.82) is 0 Å². The molecule has 1 saturated heterocycles. The number of imide groups is 1. The van der Waals surface area contributed by atoms with E-state index in [2.05, 4.69) is 15.6 Å². The molecule has 0 radical (unpaired) electrons. The first-order valence-corrected chi connectivity index (χ1v) is 7.59. The third-order valence-electron chi connectivity index (χ3n) is 3.56. The highest BCUT2D eigenvalue weighted by Crippen LogP contribution is 2.30. The zero-order valence-electron chi connectivity index (χ0n) is 11.4. The van der Waals surface area contributed by atoms with Crippen LogP contribution in [0.3, 0.4) is 0 Å². The fraction of sp³-hybridized carbons (Fsp3) is 0.0625. The topological polar surface area (TPSA) is 71.1 Å². The Labute approximate surface area is 130 Å². The second-order valence-corrected chi connectivity index (χ2v) is 6.04. The number of carbonyl (C=O) groups is 2. The predicted molar refractivity (Wildman–Crippen MR) is 84.5 cm³/mol. The number of carbonyl (C=O) groups excluding carboxylic acids is 2. The minimum Gasteiger partial charge on any atom is -0.322 e. The molecule has 108 valence electrons. The van der Waals surface area contributed by atoms with Gasteiger partial charge in [-0.2, -0.15) is 0 Å². The Kier molecular flexibility index (Phi) is 2.90. The summed E-state index contributed by atoms with van der Waals surface area (Å²) in [6, 6.07) is 14.5. The number of fused-ring (bicyclic) bond motifs is 1. The van der Waals surface area contributed by atoms with E-state index in [4.69, 9.17) is 0 Å². The van der Waals surface area contributed by atoms with Gasteiger partial charge in [-0.3, -0.25) is 10.1 Å². The van der Waals surface area contributed by atoms with Gasteiger partial charge in [-0.1, -0.05) is 36.4 Å². The average Bonchev–Trinajstić information content (AvgIpc) is 3.10. The maximum Gasteiger partial charge on any atom is 0.322 e. The van der Waals surface area contributed by atoms with Gasteiger partial charge in [0.25, 0.3) is 5.91 Å². The standard InChI is InChI=1S/C16H11N3O2S/c20-14-13(18-16(21)19-14)9-5-7-10(8-6-9)15-17-11-3-1-2-4-12(11)22-15/h1-8,13H,(H2,18,19,20,21). The number of aromatic nitrogens is 1. The zero-order chi connectivity index (χ0) is 15.1. The smallest absolute Gasteiger partial charge is 0.322 e. The van der Waals surface area contributed by atoms with Crippen LogP contribution in [-0.2, 0) is 4.79 Å². The second kappa shape index (κ2) is 4.92. The van der Waals surface area contributed by atoms with Crippen molar-refractivity contribution >= 4 is 33.5 Å². The maximum absolute atomic E-state index is 11.7. The van der Waals surface area contributed by atoms with E-state index in [0.717, 1.165) is 26.4 Å². The number of para-hydroxylation sites is 1. The molecule has 0 saturated carbocycles. The van der Waals surface area contributed by atoms with E-state index in [9.17, 15) is 9.59 Å². The Bertz CT molecular complexity index is 853. The number of nitrogens with zero attached hydrogens (tertiary/aromatic N) is 1. The molecule has 1 unspecified atom stereocenters. The van der Waals surface area contributed by atoms with Gasteiger partial charge in [0.2, 0.25) is 0 Å². The molecule has 1 atom stereocenters. The predicted octanol–water partition coefficient (Wildman–Crippen LogP) is 2.84. The van der Waals surface area contributed by atoms with Gasteiger partial charge in [-0.05, 0) is 17.7 Å². The Hall–Kier alpha value is -2.73. The normalized spacial score (nSPS) is 17.5. The molecule has 2 aromatic carbocycles. The Morgan fingerprint density at radius 2 is 1.77 bits per heavy atom. The number of nitrogens with one attached hydrogen (secondary N) is 2. The van der Waals surface area contributed by atoms with Gasteiger partial charge in [-0.25, -0.2) is 9.78 Å². The lowest BCUT2D eigenvalue weighted by Gasteiger charge is -2.07. The molecule has 3 amide bonds. The zero-order valence-corrected chi connectivity index (χ0v) is 12.2. The third kappa shape index (κ3) is 2.14. The Morgan fingerprint density at radius 3 is 2.45 bits per heavy atom. The van der Waals surface area contributed by atoms with E-state index >= 15 is 0 Å². The highest BCUT2D eigenvalue weighted by Gasteiger charge is 2.30. The summed E-state index contributed by atoms with van der Waals surface area (Å²) in [6.07, 6.45) is 0. The largest absolute Gasteiger partial charge is 0.322 e. The van der Waals surface area contributed by atoms with Crippen LogP contribution >= 0.6 is 11.3 Å². The molecule has 2 N–H and O–H groups in total. The van der Waals surface area contributed by atoms with Gasteiger partial charge in [0, 0.05) is 5.56 Å². The lowest BCUT2D eigenvalue weighted by Crippen LogP contribution is -2.22. The Morgan fingerprint density at radius 1 is 1.00 bits per heavy atom. The summed E-state index contributed by atoms with van der Waals surface area (Å²) in [6.45, 7) is 0. The van der Waals surface area contributed by atoms with E-state index in [1.165, 1.54) is 0 Å². The molecule has 1 aliphatic rings. The molecule has 22 heavy (non-hydrogen) atoms. The molecule has 0 spiro atoms. The molecule has 4 rings (SSSR count). The van der Waals surface area contributed by atoms with Crippen molar-refractivity contribution in [2.45, 2.75) is 6.04 Å². The van der Waals surface area contributed by atoms with E-state index in [0.29, 0.717) is 0 Å². The van der Waals surface area contributed by atoms with Crippen LogP contribution < -0.4 is 10.6 Å². The van der Waals surface area contributed by atoms with Crippen molar-refractivity contribution in [3.05, 3.63) is 54.1 Å².